The van der Waals surface area contributed by atoms with Gasteiger partial charge in [0.05, 0.1) is 12.1 Å². The van der Waals surface area contributed by atoms with Gasteiger partial charge in [0.15, 0.2) is 0 Å². The van der Waals surface area contributed by atoms with E-state index in [2.05, 4.69) is 4.98 Å². The fourth-order valence-electron chi connectivity index (χ4n) is 1.25. The number of hydrogen-bond donors (Lipinski definition) is 1. The van der Waals surface area contributed by atoms with Gasteiger partial charge in [-0.2, -0.15) is 0 Å². The molecule has 2 heterocycles. The van der Waals surface area contributed by atoms with Crippen molar-refractivity contribution in [2.75, 3.05) is 0 Å². The molecule has 0 aromatic carbocycles. The van der Waals surface area contributed by atoms with Gasteiger partial charge in [-0.25, -0.2) is 4.98 Å². The molecule has 4 nitrogen and oxygen atoms in total. The van der Waals surface area contributed by atoms with Gasteiger partial charge in [-0.3, -0.25) is 4.79 Å². The van der Waals surface area contributed by atoms with Crippen LogP contribution in [0.15, 0.2) is 30.6 Å². The molecular formula is C9H10ClN3O. The minimum Gasteiger partial charge on any atom is -0.369 e. The zero-order valence-corrected chi connectivity index (χ0v) is 8.20. The highest BCUT2D eigenvalue weighted by molar-refractivity contribution is 5.85. The van der Waals surface area contributed by atoms with Crippen molar-refractivity contribution in [1.29, 1.82) is 0 Å². The number of fused-ring (bicyclic) bond motifs is 1. The summed E-state index contributed by atoms with van der Waals surface area (Å²) in [5, 5.41) is 0. The second-order valence-electron chi connectivity index (χ2n) is 2.84. The van der Waals surface area contributed by atoms with E-state index in [-0.39, 0.29) is 24.7 Å². The summed E-state index contributed by atoms with van der Waals surface area (Å²) in [6.07, 6.45) is 3.88. The average molecular weight is 212 g/mol. The van der Waals surface area contributed by atoms with Gasteiger partial charge in [0, 0.05) is 12.4 Å². The van der Waals surface area contributed by atoms with Crippen LogP contribution in [0.1, 0.15) is 5.69 Å². The first-order chi connectivity index (χ1) is 6.25. The number of pyridine rings is 1. The number of hydrogen-bond acceptors (Lipinski definition) is 2. The average Bonchev–Trinajstić information content (AvgIpc) is 2.44. The predicted molar refractivity (Wildman–Crippen MR) is 55.3 cm³/mol. The number of carbonyl (C=O) groups is 1. The number of nitrogens with zero attached hydrogens (tertiary/aromatic N) is 2. The summed E-state index contributed by atoms with van der Waals surface area (Å²) < 4.78 is 1.86. The monoisotopic (exact) mass is 211 g/mol. The molecule has 0 fully saturated rings. The highest BCUT2D eigenvalue weighted by Gasteiger charge is 2.02. The zero-order chi connectivity index (χ0) is 9.26. The smallest absolute Gasteiger partial charge is 0.223 e. The lowest BCUT2D eigenvalue weighted by Gasteiger charge is -1.86. The van der Waals surface area contributed by atoms with Crippen molar-refractivity contribution in [3.8, 4) is 0 Å². The Morgan fingerprint density at radius 1 is 1.50 bits per heavy atom. The molecule has 0 bridgehead atoms. The fraction of sp³-hybridized carbons (Fsp3) is 0.111. The first-order valence-corrected chi connectivity index (χ1v) is 3.96. The molecule has 1 amide bonds. The fourth-order valence-corrected chi connectivity index (χ4v) is 1.25. The van der Waals surface area contributed by atoms with Crippen LogP contribution in [0.25, 0.3) is 5.65 Å². The van der Waals surface area contributed by atoms with Gasteiger partial charge in [-0.15, -0.1) is 12.4 Å². The third-order valence-corrected chi connectivity index (χ3v) is 1.77. The van der Waals surface area contributed by atoms with E-state index in [1.165, 1.54) is 0 Å². The molecule has 0 aliphatic carbocycles. The SMILES string of the molecule is Cl.NC(=O)Cc1cn2ccccc2n1. The van der Waals surface area contributed by atoms with Gasteiger partial charge in [-0.05, 0) is 12.1 Å². The second kappa shape index (κ2) is 4.11. The molecule has 14 heavy (non-hydrogen) atoms. The van der Waals surface area contributed by atoms with Crippen LogP contribution in [-0.4, -0.2) is 15.3 Å². The van der Waals surface area contributed by atoms with Gasteiger partial charge in [0.1, 0.15) is 5.65 Å². The van der Waals surface area contributed by atoms with Gasteiger partial charge in [0.2, 0.25) is 5.91 Å². The first-order valence-electron chi connectivity index (χ1n) is 3.96. The summed E-state index contributed by atoms with van der Waals surface area (Å²) in [5.41, 5.74) is 6.60. The number of rotatable bonds is 2. The molecule has 0 radical (unpaired) electrons. The summed E-state index contributed by atoms with van der Waals surface area (Å²) in [6.45, 7) is 0. The zero-order valence-electron chi connectivity index (χ0n) is 7.38. The molecule has 0 spiro atoms. The summed E-state index contributed by atoms with van der Waals surface area (Å²) in [4.78, 5) is 14.8. The topological polar surface area (TPSA) is 60.4 Å². The third kappa shape index (κ3) is 2.03. The van der Waals surface area contributed by atoms with Gasteiger partial charge < -0.3 is 10.1 Å². The largest absolute Gasteiger partial charge is 0.369 e. The van der Waals surface area contributed by atoms with Crippen LogP contribution in [0.4, 0.5) is 0 Å². The summed E-state index contributed by atoms with van der Waals surface area (Å²) in [7, 11) is 0. The molecule has 0 saturated heterocycles. The van der Waals surface area contributed by atoms with Gasteiger partial charge in [-0.1, -0.05) is 6.07 Å². The lowest BCUT2D eigenvalue weighted by molar-refractivity contribution is -0.117. The third-order valence-electron chi connectivity index (χ3n) is 1.77. The standard InChI is InChI=1S/C9H9N3O.ClH/c10-8(13)5-7-6-12-4-2-1-3-9(12)11-7;/h1-4,6H,5H2,(H2,10,13);1H. The van der Waals surface area contributed by atoms with E-state index >= 15 is 0 Å². The van der Waals surface area contributed by atoms with Crippen molar-refractivity contribution in [2.24, 2.45) is 5.73 Å². The Bertz CT molecular complexity index is 419. The Morgan fingerprint density at radius 3 is 2.93 bits per heavy atom. The van der Waals surface area contributed by atoms with E-state index in [1.54, 1.807) is 6.20 Å². The molecule has 74 valence electrons. The minimum atomic E-state index is -0.358. The quantitative estimate of drug-likeness (QED) is 0.798. The van der Waals surface area contributed by atoms with E-state index in [0.717, 1.165) is 5.65 Å². The van der Waals surface area contributed by atoms with E-state index in [4.69, 9.17) is 5.73 Å². The van der Waals surface area contributed by atoms with Crippen molar-refractivity contribution in [3.63, 3.8) is 0 Å². The van der Waals surface area contributed by atoms with Crippen LogP contribution in [0, 0.1) is 0 Å². The van der Waals surface area contributed by atoms with Gasteiger partial charge in [0.25, 0.3) is 0 Å². The maximum atomic E-state index is 10.6. The van der Waals surface area contributed by atoms with Crippen molar-refractivity contribution < 1.29 is 4.79 Å². The minimum absolute atomic E-state index is 0. The molecule has 0 saturated carbocycles. The maximum Gasteiger partial charge on any atom is 0.223 e. The van der Waals surface area contributed by atoms with E-state index in [9.17, 15) is 4.79 Å². The van der Waals surface area contributed by atoms with Crippen LogP contribution in [0.3, 0.4) is 0 Å². The molecule has 0 unspecified atom stereocenters. The van der Waals surface area contributed by atoms with Crippen LogP contribution in [0.5, 0.6) is 0 Å². The molecular weight excluding hydrogens is 202 g/mol. The Balaban J connectivity index is 0.000000980. The van der Waals surface area contributed by atoms with E-state index in [1.807, 2.05) is 28.8 Å². The number of carbonyl (C=O) groups excluding carboxylic acids is 1. The highest BCUT2D eigenvalue weighted by Crippen LogP contribution is 2.04. The summed E-state index contributed by atoms with van der Waals surface area (Å²) >= 11 is 0. The summed E-state index contributed by atoms with van der Waals surface area (Å²) in [6, 6.07) is 5.68. The number of nitrogens with two attached hydrogens (primary N) is 1. The molecule has 2 rings (SSSR count). The van der Waals surface area contributed by atoms with Crippen LogP contribution in [-0.2, 0) is 11.2 Å². The first kappa shape index (κ1) is 10.5. The number of aromatic nitrogens is 2. The van der Waals surface area contributed by atoms with E-state index < -0.39 is 0 Å². The lowest BCUT2D eigenvalue weighted by Crippen LogP contribution is -2.13. The van der Waals surface area contributed by atoms with Crippen molar-refractivity contribution >= 4 is 24.0 Å². The van der Waals surface area contributed by atoms with Crippen LogP contribution in [0.2, 0.25) is 0 Å². The molecule has 2 aromatic heterocycles. The second-order valence-corrected chi connectivity index (χ2v) is 2.84. The number of primary amides is 1. The Hall–Kier alpha value is -1.55. The number of halogens is 1. The lowest BCUT2D eigenvalue weighted by atomic mass is 10.3. The highest BCUT2D eigenvalue weighted by atomic mass is 35.5. The molecule has 0 aliphatic rings. The van der Waals surface area contributed by atoms with Crippen molar-refractivity contribution in [2.45, 2.75) is 6.42 Å². The summed E-state index contributed by atoms with van der Waals surface area (Å²) in [5.74, 6) is -0.358. The molecule has 0 aliphatic heterocycles. The molecule has 2 N–H and O–H groups in total. The van der Waals surface area contributed by atoms with Crippen molar-refractivity contribution in [3.05, 3.63) is 36.3 Å². The van der Waals surface area contributed by atoms with Gasteiger partial charge >= 0.3 is 0 Å². The normalized spacial score (nSPS) is 9.71. The number of amides is 1. The Morgan fingerprint density at radius 2 is 2.29 bits per heavy atom. The van der Waals surface area contributed by atoms with Crippen molar-refractivity contribution in [1.82, 2.24) is 9.38 Å². The number of imidazole rings is 1. The Kier molecular flexibility index (Phi) is 3.09. The molecule has 0 atom stereocenters. The predicted octanol–water partition coefficient (Wildman–Crippen LogP) is 0.784. The maximum absolute atomic E-state index is 10.6. The van der Waals surface area contributed by atoms with Crippen LogP contribution < -0.4 is 5.73 Å². The Labute approximate surface area is 87.2 Å². The van der Waals surface area contributed by atoms with E-state index in [0.29, 0.717) is 5.69 Å². The molecule has 5 heteroatoms. The van der Waals surface area contributed by atoms with Crippen LogP contribution >= 0.6 is 12.4 Å². The molecule has 2 aromatic rings.